The maximum Gasteiger partial charge on any atom is 0.390 e. The molecule has 1 rings (SSSR count). The molecule has 17 heavy (non-hydrogen) atoms. The van der Waals surface area contributed by atoms with Crippen LogP contribution in [-0.2, 0) is 0 Å². The summed E-state index contributed by atoms with van der Waals surface area (Å²) in [7, 11) is 0. The fraction of sp³-hybridized carbons (Fsp3) is 1.00. The molecule has 0 bridgehead atoms. The van der Waals surface area contributed by atoms with Crippen molar-refractivity contribution in [2.75, 3.05) is 6.61 Å². The second-order valence-electron chi connectivity index (χ2n) is 5.07. The van der Waals surface area contributed by atoms with Gasteiger partial charge in [0, 0.05) is 18.7 Å². The Morgan fingerprint density at radius 3 is 2.47 bits per heavy atom. The fourth-order valence-corrected chi connectivity index (χ4v) is 2.59. The predicted octanol–water partition coefficient (Wildman–Crippen LogP) is 2.86. The molecule has 3 atom stereocenters. The van der Waals surface area contributed by atoms with Crippen molar-refractivity contribution < 1.29 is 18.3 Å². The lowest BCUT2D eigenvalue weighted by molar-refractivity contribution is -0.139. The second kappa shape index (κ2) is 6.59. The maximum atomic E-state index is 12.2. The van der Waals surface area contributed by atoms with Crippen molar-refractivity contribution in [1.29, 1.82) is 0 Å². The van der Waals surface area contributed by atoms with E-state index in [4.69, 9.17) is 0 Å². The van der Waals surface area contributed by atoms with Crippen molar-refractivity contribution in [3.05, 3.63) is 0 Å². The predicted molar refractivity (Wildman–Crippen MR) is 60.7 cm³/mol. The molecular formula is C12H22F3NO. The third-order valence-electron chi connectivity index (χ3n) is 3.43. The minimum absolute atomic E-state index is 0.0276. The van der Waals surface area contributed by atoms with Gasteiger partial charge >= 0.3 is 6.18 Å². The Balaban J connectivity index is 2.46. The molecule has 0 aromatic carbocycles. The van der Waals surface area contributed by atoms with Crippen molar-refractivity contribution >= 4 is 0 Å². The Morgan fingerprint density at radius 2 is 1.88 bits per heavy atom. The van der Waals surface area contributed by atoms with Crippen LogP contribution in [-0.4, -0.2) is 30.0 Å². The lowest BCUT2D eigenvalue weighted by Gasteiger charge is -2.28. The SMILES string of the molecule is CC(CC(F)(F)F)NC1CCCCCC1CO. The Morgan fingerprint density at radius 1 is 1.24 bits per heavy atom. The number of rotatable bonds is 4. The summed E-state index contributed by atoms with van der Waals surface area (Å²) >= 11 is 0. The molecular weight excluding hydrogens is 231 g/mol. The molecule has 1 fully saturated rings. The average molecular weight is 253 g/mol. The lowest BCUT2D eigenvalue weighted by Crippen LogP contribution is -2.44. The molecule has 1 saturated carbocycles. The highest BCUT2D eigenvalue weighted by Gasteiger charge is 2.32. The molecule has 2 N–H and O–H groups in total. The molecule has 1 aliphatic carbocycles. The zero-order valence-corrected chi connectivity index (χ0v) is 10.3. The summed E-state index contributed by atoms with van der Waals surface area (Å²) in [6.45, 7) is 1.63. The van der Waals surface area contributed by atoms with E-state index in [1.807, 2.05) is 0 Å². The Labute approximate surface area is 101 Å². The molecule has 0 radical (unpaired) electrons. The molecule has 0 heterocycles. The van der Waals surface area contributed by atoms with Gasteiger partial charge < -0.3 is 10.4 Å². The van der Waals surface area contributed by atoms with Gasteiger partial charge in [0.05, 0.1) is 6.42 Å². The summed E-state index contributed by atoms with van der Waals surface area (Å²) in [5, 5.41) is 12.3. The number of nitrogens with one attached hydrogen (secondary N) is 1. The van der Waals surface area contributed by atoms with Crippen LogP contribution in [0.2, 0.25) is 0 Å². The molecule has 0 spiro atoms. The standard InChI is InChI=1S/C12H22F3NO/c1-9(7-12(13,14)15)16-11-6-4-2-3-5-10(11)8-17/h9-11,16-17H,2-8H2,1H3. The highest BCUT2D eigenvalue weighted by molar-refractivity contribution is 4.82. The topological polar surface area (TPSA) is 32.3 Å². The third kappa shape index (κ3) is 5.73. The molecule has 102 valence electrons. The van der Waals surface area contributed by atoms with Gasteiger partial charge in [-0.15, -0.1) is 0 Å². The van der Waals surface area contributed by atoms with Crippen LogP contribution < -0.4 is 5.32 Å². The minimum atomic E-state index is -4.12. The average Bonchev–Trinajstić information content (AvgIpc) is 2.39. The molecule has 0 amide bonds. The van der Waals surface area contributed by atoms with Crippen LogP contribution in [0.4, 0.5) is 13.2 Å². The van der Waals surface area contributed by atoms with E-state index in [9.17, 15) is 18.3 Å². The zero-order chi connectivity index (χ0) is 12.9. The summed E-state index contributed by atoms with van der Waals surface area (Å²) in [5.74, 6) is 0.105. The first-order chi connectivity index (χ1) is 7.92. The van der Waals surface area contributed by atoms with Crippen molar-refractivity contribution in [1.82, 2.24) is 5.32 Å². The van der Waals surface area contributed by atoms with Crippen molar-refractivity contribution in [2.24, 2.45) is 5.92 Å². The number of aliphatic hydroxyl groups is 1. The van der Waals surface area contributed by atoms with Crippen LogP contribution in [0.5, 0.6) is 0 Å². The maximum absolute atomic E-state index is 12.2. The van der Waals surface area contributed by atoms with Crippen LogP contribution in [0, 0.1) is 5.92 Å². The van der Waals surface area contributed by atoms with Gasteiger partial charge in [-0.2, -0.15) is 13.2 Å². The molecule has 0 aliphatic heterocycles. The molecule has 0 aromatic rings. The molecule has 0 aromatic heterocycles. The fourth-order valence-electron chi connectivity index (χ4n) is 2.59. The van der Waals surface area contributed by atoms with Crippen molar-refractivity contribution in [3.8, 4) is 0 Å². The Hall–Kier alpha value is -0.290. The van der Waals surface area contributed by atoms with E-state index >= 15 is 0 Å². The molecule has 5 heteroatoms. The third-order valence-corrected chi connectivity index (χ3v) is 3.43. The largest absolute Gasteiger partial charge is 0.396 e. The Bertz CT molecular complexity index is 220. The van der Waals surface area contributed by atoms with Gasteiger partial charge in [0.2, 0.25) is 0 Å². The normalized spacial score (nSPS) is 28.8. The van der Waals surface area contributed by atoms with Gasteiger partial charge in [-0.05, 0) is 25.7 Å². The van der Waals surface area contributed by atoms with E-state index in [0.29, 0.717) is 0 Å². The Kier molecular flexibility index (Phi) is 5.73. The smallest absolute Gasteiger partial charge is 0.390 e. The molecule has 0 saturated heterocycles. The first kappa shape index (κ1) is 14.8. The van der Waals surface area contributed by atoms with Crippen LogP contribution >= 0.6 is 0 Å². The van der Waals surface area contributed by atoms with Gasteiger partial charge in [0.1, 0.15) is 0 Å². The van der Waals surface area contributed by atoms with Gasteiger partial charge in [-0.3, -0.25) is 0 Å². The summed E-state index contributed by atoms with van der Waals surface area (Å²) in [6.07, 6.45) is 0.0696. The van der Waals surface area contributed by atoms with E-state index in [1.54, 1.807) is 6.92 Å². The number of alkyl halides is 3. The molecule has 2 nitrogen and oxygen atoms in total. The number of aliphatic hydroxyl groups excluding tert-OH is 1. The van der Waals surface area contributed by atoms with E-state index < -0.39 is 18.6 Å². The summed E-state index contributed by atoms with van der Waals surface area (Å²) in [5.41, 5.74) is 0. The highest BCUT2D eigenvalue weighted by Crippen LogP contribution is 2.26. The van der Waals surface area contributed by atoms with Gasteiger partial charge in [0.25, 0.3) is 0 Å². The highest BCUT2D eigenvalue weighted by atomic mass is 19.4. The minimum Gasteiger partial charge on any atom is -0.396 e. The monoisotopic (exact) mass is 253 g/mol. The van der Waals surface area contributed by atoms with Crippen LogP contribution in [0.25, 0.3) is 0 Å². The van der Waals surface area contributed by atoms with E-state index in [1.165, 1.54) is 0 Å². The first-order valence-corrected chi connectivity index (χ1v) is 6.36. The van der Waals surface area contributed by atoms with Gasteiger partial charge in [-0.25, -0.2) is 0 Å². The van der Waals surface area contributed by atoms with Crippen molar-refractivity contribution in [3.63, 3.8) is 0 Å². The number of hydrogen-bond donors (Lipinski definition) is 2. The quantitative estimate of drug-likeness (QED) is 0.755. The van der Waals surface area contributed by atoms with Gasteiger partial charge in [-0.1, -0.05) is 19.3 Å². The number of hydrogen-bond acceptors (Lipinski definition) is 2. The first-order valence-electron chi connectivity index (χ1n) is 6.36. The summed E-state index contributed by atoms with van der Waals surface area (Å²) in [6, 6.07) is -0.549. The van der Waals surface area contributed by atoms with Gasteiger partial charge in [0.15, 0.2) is 0 Å². The van der Waals surface area contributed by atoms with Crippen LogP contribution in [0.1, 0.15) is 45.4 Å². The summed E-state index contributed by atoms with van der Waals surface area (Å²) in [4.78, 5) is 0. The number of halogens is 3. The molecule has 3 unspecified atom stereocenters. The van der Waals surface area contributed by atoms with Crippen molar-refractivity contribution in [2.45, 2.75) is 63.7 Å². The zero-order valence-electron chi connectivity index (χ0n) is 10.3. The van der Waals surface area contributed by atoms with Crippen LogP contribution in [0.3, 0.4) is 0 Å². The van der Waals surface area contributed by atoms with E-state index in [-0.39, 0.29) is 18.6 Å². The van der Waals surface area contributed by atoms with E-state index in [2.05, 4.69) is 5.32 Å². The molecule has 1 aliphatic rings. The lowest BCUT2D eigenvalue weighted by atomic mass is 9.94. The van der Waals surface area contributed by atoms with Crippen LogP contribution in [0.15, 0.2) is 0 Å². The second-order valence-corrected chi connectivity index (χ2v) is 5.07. The summed E-state index contributed by atoms with van der Waals surface area (Å²) < 4.78 is 36.7. The van der Waals surface area contributed by atoms with E-state index in [0.717, 1.165) is 32.1 Å².